The Morgan fingerprint density at radius 3 is 2.85 bits per heavy atom. The lowest BCUT2D eigenvalue weighted by molar-refractivity contribution is 0.364. The van der Waals surface area contributed by atoms with Gasteiger partial charge in [0.25, 0.3) is 0 Å². The van der Waals surface area contributed by atoms with E-state index in [0.717, 1.165) is 13.0 Å². The van der Waals surface area contributed by atoms with Crippen LogP contribution in [0.15, 0.2) is 17.5 Å². The Kier molecular flexibility index (Phi) is 4.38. The van der Waals surface area contributed by atoms with Gasteiger partial charge in [-0.15, -0.1) is 11.3 Å². The molecule has 0 aliphatic carbocycles. The standard InChI is InChI=1S/C9H17N3S/c1-12(2)6-5-8(11-10)9-4-3-7-13-9/h3-4,7-8,11H,5-6,10H2,1-2H3. The monoisotopic (exact) mass is 199 g/mol. The van der Waals surface area contributed by atoms with Crippen molar-refractivity contribution in [3.05, 3.63) is 22.4 Å². The van der Waals surface area contributed by atoms with Gasteiger partial charge in [-0.05, 0) is 38.5 Å². The third kappa shape index (κ3) is 3.44. The summed E-state index contributed by atoms with van der Waals surface area (Å²) in [4.78, 5) is 3.47. The van der Waals surface area contributed by atoms with Crippen molar-refractivity contribution in [3.63, 3.8) is 0 Å². The molecule has 0 aliphatic rings. The minimum Gasteiger partial charge on any atom is -0.309 e. The summed E-state index contributed by atoms with van der Waals surface area (Å²) in [6.07, 6.45) is 1.05. The Morgan fingerprint density at radius 2 is 2.38 bits per heavy atom. The molecule has 1 aromatic heterocycles. The Hall–Kier alpha value is -0.420. The zero-order chi connectivity index (χ0) is 9.68. The van der Waals surface area contributed by atoms with Gasteiger partial charge in [0, 0.05) is 4.88 Å². The zero-order valence-electron chi connectivity index (χ0n) is 8.16. The number of rotatable bonds is 5. The summed E-state index contributed by atoms with van der Waals surface area (Å²) in [5, 5.41) is 2.08. The highest BCUT2D eigenvalue weighted by Gasteiger charge is 2.09. The van der Waals surface area contributed by atoms with Gasteiger partial charge in [0.15, 0.2) is 0 Å². The van der Waals surface area contributed by atoms with Crippen LogP contribution in [-0.4, -0.2) is 25.5 Å². The topological polar surface area (TPSA) is 41.3 Å². The highest BCUT2D eigenvalue weighted by atomic mass is 32.1. The van der Waals surface area contributed by atoms with E-state index in [1.165, 1.54) is 4.88 Å². The lowest BCUT2D eigenvalue weighted by atomic mass is 10.2. The smallest absolute Gasteiger partial charge is 0.0565 e. The number of hydrogen-bond acceptors (Lipinski definition) is 4. The predicted octanol–water partition coefficient (Wildman–Crippen LogP) is 1.20. The van der Waals surface area contributed by atoms with Gasteiger partial charge in [0.1, 0.15) is 0 Å². The van der Waals surface area contributed by atoms with Crippen LogP contribution in [0.4, 0.5) is 0 Å². The molecule has 0 saturated heterocycles. The van der Waals surface area contributed by atoms with E-state index in [1.54, 1.807) is 11.3 Å². The molecule has 0 bridgehead atoms. The van der Waals surface area contributed by atoms with Crippen LogP contribution in [0.3, 0.4) is 0 Å². The molecule has 74 valence electrons. The predicted molar refractivity (Wildman–Crippen MR) is 57.6 cm³/mol. The van der Waals surface area contributed by atoms with Crippen LogP contribution in [0.1, 0.15) is 17.3 Å². The molecule has 1 aromatic rings. The maximum atomic E-state index is 5.49. The van der Waals surface area contributed by atoms with E-state index < -0.39 is 0 Å². The quantitative estimate of drug-likeness (QED) is 0.553. The van der Waals surface area contributed by atoms with Gasteiger partial charge in [-0.2, -0.15) is 0 Å². The fourth-order valence-corrected chi connectivity index (χ4v) is 2.01. The first-order valence-corrected chi connectivity index (χ1v) is 5.26. The van der Waals surface area contributed by atoms with E-state index >= 15 is 0 Å². The molecule has 0 aliphatic heterocycles. The van der Waals surface area contributed by atoms with Crippen molar-refractivity contribution in [3.8, 4) is 0 Å². The molecule has 1 unspecified atom stereocenters. The average molecular weight is 199 g/mol. The van der Waals surface area contributed by atoms with E-state index in [0.29, 0.717) is 6.04 Å². The summed E-state index contributed by atoms with van der Waals surface area (Å²) in [7, 11) is 4.14. The summed E-state index contributed by atoms with van der Waals surface area (Å²) in [5.74, 6) is 5.49. The van der Waals surface area contributed by atoms with E-state index in [2.05, 4.69) is 41.9 Å². The highest BCUT2D eigenvalue weighted by molar-refractivity contribution is 7.10. The van der Waals surface area contributed by atoms with Crippen molar-refractivity contribution in [1.82, 2.24) is 10.3 Å². The molecule has 1 atom stereocenters. The third-order valence-electron chi connectivity index (χ3n) is 1.95. The van der Waals surface area contributed by atoms with Crippen molar-refractivity contribution in [1.29, 1.82) is 0 Å². The Balaban J connectivity index is 2.44. The van der Waals surface area contributed by atoms with Gasteiger partial charge in [-0.25, -0.2) is 0 Å². The minimum absolute atomic E-state index is 0.294. The van der Waals surface area contributed by atoms with Crippen LogP contribution in [0.5, 0.6) is 0 Å². The van der Waals surface area contributed by atoms with Crippen molar-refractivity contribution in [2.75, 3.05) is 20.6 Å². The van der Waals surface area contributed by atoms with E-state index in [4.69, 9.17) is 5.84 Å². The lowest BCUT2D eigenvalue weighted by Gasteiger charge is -2.16. The normalized spacial score (nSPS) is 13.5. The van der Waals surface area contributed by atoms with Crippen molar-refractivity contribution in [2.45, 2.75) is 12.5 Å². The second kappa shape index (κ2) is 5.34. The second-order valence-corrected chi connectivity index (χ2v) is 4.31. The van der Waals surface area contributed by atoms with E-state index in [-0.39, 0.29) is 0 Å². The molecule has 4 heteroatoms. The molecule has 1 heterocycles. The number of hydrogen-bond donors (Lipinski definition) is 2. The van der Waals surface area contributed by atoms with Gasteiger partial charge < -0.3 is 4.90 Å². The molecular weight excluding hydrogens is 182 g/mol. The Bertz CT molecular complexity index is 221. The number of nitrogens with two attached hydrogens (primary N) is 1. The molecule has 0 radical (unpaired) electrons. The molecule has 0 spiro atoms. The molecule has 0 aromatic carbocycles. The van der Waals surface area contributed by atoms with Gasteiger partial charge >= 0.3 is 0 Å². The molecule has 3 N–H and O–H groups in total. The van der Waals surface area contributed by atoms with Crippen LogP contribution in [-0.2, 0) is 0 Å². The molecule has 3 nitrogen and oxygen atoms in total. The van der Waals surface area contributed by atoms with E-state index in [9.17, 15) is 0 Å². The molecule has 1 rings (SSSR count). The second-order valence-electron chi connectivity index (χ2n) is 3.33. The van der Waals surface area contributed by atoms with Gasteiger partial charge in [-0.1, -0.05) is 6.07 Å². The summed E-state index contributed by atoms with van der Waals surface area (Å²) in [6, 6.07) is 4.47. The van der Waals surface area contributed by atoms with Crippen molar-refractivity contribution in [2.24, 2.45) is 5.84 Å². The highest BCUT2D eigenvalue weighted by Crippen LogP contribution is 2.20. The summed E-state index contributed by atoms with van der Waals surface area (Å²) < 4.78 is 0. The first-order valence-electron chi connectivity index (χ1n) is 4.38. The van der Waals surface area contributed by atoms with Crippen molar-refractivity contribution >= 4 is 11.3 Å². The minimum atomic E-state index is 0.294. The number of thiophene rings is 1. The lowest BCUT2D eigenvalue weighted by Crippen LogP contribution is -2.30. The zero-order valence-corrected chi connectivity index (χ0v) is 8.97. The van der Waals surface area contributed by atoms with Crippen LogP contribution in [0.2, 0.25) is 0 Å². The first kappa shape index (κ1) is 10.7. The maximum Gasteiger partial charge on any atom is 0.0565 e. The fraction of sp³-hybridized carbons (Fsp3) is 0.556. The Labute approximate surface area is 83.5 Å². The van der Waals surface area contributed by atoms with Gasteiger partial charge in [0.2, 0.25) is 0 Å². The number of hydrazine groups is 1. The summed E-state index contributed by atoms with van der Waals surface area (Å²) in [6.45, 7) is 1.05. The molecular formula is C9H17N3S. The Morgan fingerprint density at radius 1 is 1.62 bits per heavy atom. The molecule has 0 fully saturated rings. The number of nitrogens with one attached hydrogen (secondary N) is 1. The fourth-order valence-electron chi connectivity index (χ4n) is 1.18. The number of nitrogens with zero attached hydrogens (tertiary/aromatic N) is 1. The van der Waals surface area contributed by atoms with Crippen LogP contribution < -0.4 is 11.3 Å². The van der Waals surface area contributed by atoms with Crippen LogP contribution in [0.25, 0.3) is 0 Å². The first-order chi connectivity index (χ1) is 6.24. The summed E-state index contributed by atoms with van der Waals surface area (Å²) in [5.41, 5.74) is 2.84. The molecule has 0 amide bonds. The molecule has 0 saturated carbocycles. The van der Waals surface area contributed by atoms with E-state index in [1.807, 2.05) is 0 Å². The van der Waals surface area contributed by atoms with Gasteiger partial charge in [0.05, 0.1) is 6.04 Å². The maximum absolute atomic E-state index is 5.49. The SMILES string of the molecule is CN(C)CCC(NN)c1cccs1. The van der Waals surface area contributed by atoms with Crippen LogP contribution >= 0.6 is 11.3 Å². The largest absolute Gasteiger partial charge is 0.309 e. The van der Waals surface area contributed by atoms with Crippen molar-refractivity contribution < 1.29 is 0 Å². The summed E-state index contributed by atoms with van der Waals surface area (Å²) >= 11 is 1.75. The third-order valence-corrected chi connectivity index (χ3v) is 2.94. The molecule has 13 heavy (non-hydrogen) atoms. The van der Waals surface area contributed by atoms with Crippen LogP contribution in [0, 0.1) is 0 Å². The average Bonchev–Trinajstić information content (AvgIpc) is 2.58. The van der Waals surface area contributed by atoms with Gasteiger partial charge in [-0.3, -0.25) is 11.3 Å².